The minimum Gasteiger partial charge on any atom is -0.495 e. The lowest BCUT2D eigenvalue weighted by Crippen LogP contribution is -2.12. The molecule has 0 aliphatic carbocycles. The van der Waals surface area contributed by atoms with Gasteiger partial charge in [0.1, 0.15) is 5.75 Å². The molecule has 1 aromatic heterocycles. The second kappa shape index (κ2) is 7.11. The maximum atomic E-state index is 12.2. The molecule has 0 saturated heterocycles. The highest BCUT2D eigenvalue weighted by Crippen LogP contribution is 2.29. The van der Waals surface area contributed by atoms with Gasteiger partial charge in [0.05, 0.1) is 17.8 Å². The molecule has 0 aliphatic heterocycles. The molecule has 0 spiro atoms. The fourth-order valence-electron chi connectivity index (χ4n) is 1.51. The zero-order chi connectivity index (χ0) is 17.0. The number of aromatic nitrogens is 2. The lowest BCUT2D eigenvalue weighted by Gasteiger charge is -2.07. The van der Waals surface area contributed by atoms with Crippen molar-refractivity contribution in [2.75, 3.05) is 17.1 Å². The summed E-state index contributed by atoms with van der Waals surface area (Å²) in [7, 11) is -2.47. The Morgan fingerprint density at radius 1 is 1.39 bits per heavy atom. The van der Waals surface area contributed by atoms with Crippen LogP contribution in [0.3, 0.4) is 0 Å². The molecule has 1 heterocycles. The van der Waals surface area contributed by atoms with E-state index in [9.17, 15) is 13.2 Å². The summed E-state index contributed by atoms with van der Waals surface area (Å²) < 4.78 is 31.6. The van der Waals surface area contributed by atoms with Crippen LogP contribution in [-0.4, -0.2) is 31.6 Å². The Morgan fingerprint density at radius 2 is 2.13 bits per heavy atom. The summed E-state index contributed by atoms with van der Waals surface area (Å²) in [6.07, 6.45) is 0.254. The van der Waals surface area contributed by atoms with E-state index in [4.69, 9.17) is 16.3 Å². The van der Waals surface area contributed by atoms with Crippen molar-refractivity contribution in [2.45, 2.75) is 17.7 Å². The molecule has 23 heavy (non-hydrogen) atoms. The van der Waals surface area contributed by atoms with Crippen LogP contribution < -0.4 is 14.8 Å². The van der Waals surface area contributed by atoms with Crippen molar-refractivity contribution in [2.24, 2.45) is 0 Å². The highest BCUT2D eigenvalue weighted by atomic mass is 35.5. The summed E-state index contributed by atoms with van der Waals surface area (Å²) in [6.45, 7) is 1.67. The third kappa shape index (κ3) is 4.30. The molecule has 0 aliphatic rings. The number of amides is 1. The number of benzene rings is 1. The first-order valence-electron chi connectivity index (χ1n) is 6.35. The van der Waals surface area contributed by atoms with E-state index < -0.39 is 10.0 Å². The Morgan fingerprint density at radius 3 is 2.74 bits per heavy atom. The highest BCUT2D eigenvalue weighted by Gasteiger charge is 2.21. The Labute approximate surface area is 141 Å². The first kappa shape index (κ1) is 17.4. The minimum absolute atomic E-state index is 0.116. The number of hydrogen-bond donors (Lipinski definition) is 2. The normalized spacial score (nSPS) is 11.1. The SMILES string of the molecule is CCC(=O)Nc1nnc(S(=O)(=O)Nc2ccc(OC)c(Cl)c2)s1. The van der Waals surface area contributed by atoms with Crippen LogP contribution in [0.15, 0.2) is 22.5 Å². The number of nitrogens with one attached hydrogen (secondary N) is 2. The predicted molar refractivity (Wildman–Crippen MR) is 87.6 cm³/mol. The standard InChI is InChI=1S/C12H13ClN4O4S2/c1-3-10(18)14-11-15-16-12(22-11)23(19,20)17-7-4-5-9(21-2)8(13)6-7/h4-6,17H,3H2,1-2H3,(H,14,15,18). The average molecular weight is 377 g/mol. The fraction of sp³-hybridized carbons (Fsp3) is 0.250. The maximum Gasteiger partial charge on any atom is 0.291 e. The van der Waals surface area contributed by atoms with Crippen molar-refractivity contribution in [1.29, 1.82) is 0 Å². The van der Waals surface area contributed by atoms with Gasteiger partial charge in [-0.15, -0.1) is 10.2 Å². The smallest absolute Gasteiger partial charge is 0.291 e. The summed E-state index contributed by atoms with van der Waals surface area (Å²) in [4.78, 5) is 11.3. The molecule has 124 valence electrons. The van der Waals surface area contributed by atoms with E-state index >= 15 is 0 Å². The zero-order valence-corrected chi connectivity index (χ0v) is 14.5. The number of carbonyl (C=O) groups excluding carboxylic acids is 1. The Bertz CT molecular complexity index is 822. The topological polar surface area (TPSA) is 110 Å². The third-order valence-corrected chi connectivity index (χ3v) is 5.49. The number of rotatable bonds is 6. The molecule has 1 aromatic carbocycles. The molecule has 2 rings (SSSR count). The van der Waals surface area contributed by atoms with Gasteiger partial charge in [-0.1, -0.05) is 29.9 Å². The van der Waals surface area contributed by atoms with Gasteiger partial charge in [-0.3, -0.25) is 9.52 Å². The molecule has 2 aromatic rings. The first-order valence-corrected chi connectivity index (χ1v) is 9.03. The molecule has 8 nitrogen and oxygen atoms in total. The fourth-order valence-corrected chi connectivity index (χ4v) is 3.73. The van der Waals surface area contributed by atoms with Crippen LogP contribution in [-0.2, 0) is 14.8 Å². The first-order chi connectivity index (χ1) is 10.9. The third-order valence-electron chi connectivity index (χ3n) is 2.61. The Balaban J connectivity index is 2.19. The van der Waals surface area contributed by atoms with E-state index in [1.807, 2.05) is 0 Å². The molecule has 0 saturated carbocycles. The molecule has 1 amide bonds. The zero-order valence-electron chi connectivity index (χ0n) is 12.2. The summed E-state index contributed by atoms with van der Waals surface area (Å²) in [5, 5.41) is 10.0. The van der Waals surface area contributed by atoms with Crippen LogP contribution in [0.4, 0.5) is 10.8 Å². The van der Waals surface area contributed by atoms with Crippen LogP contribution in [0.2, 0.25) is 5.02 Å². The number of sulfonamides is 1. The van der Waals surface area contributed by atoms with Crippen molar-refractivity contribution in [3.05, 3.63) is 23.2 Å². The monoisotopic (exact) mass is 376 g/mol. The summed E-state index contributed by atoms with van der Waals surface area (Å²) in [6, 6.07) is 4.45. The van der Waals surface area contributed by atoms with Gasteiger partial charge in [-0.05, 0) is 18.2 Å². The quantitative estimate of drug-likeness (QED) is 0.749. The van der Waals surface area contributed by atoms with Crippen molar-refractivity contribution >= 4 is 49.7 Å². The second-order valence-electron chi connectivity index (χ2n) is 4.23. The lowest BCUT2D eigenvalue weighted by atomic mass is 10.3. The second-order valence-corrected chi connectivity index (χ2v) is 7.47. The van der Waals surface area contributed by atoms with E-state index in [1.54, 1.807) is 6.92 Å². The minimum atomic E-state index is -3.93. The number of methoxy groups -OCH3 is 1. The van der Waals surface area contributed by atoms with Crippen LogP contribution in [0, 0.1) is 0 Å². The number of hydrogen-bond acceptors (Lipinski definition) is 7. The number of halogens is 1. The van der Waals surface area contributed by atoms with Crippen LogP contribution in [0.25, 0.3) is 0 Å². The van der Waals surface area contributed by atoms with Gasteiger partial charge in [0.2, 0.25) is 11.0 Å². The largest absolute Gasteiger partial charge is 0.495 e. The average Bonchev–Trinajstić information content (AvgIpc) is 2.96. The molecule has 0 fully saturated rings. The van der Waals surface area contributed by atoms with Crippen molar-refractivity contribution in [3.8, 4) is 5.75 Å². The van der Waals surface area contributed by atoms with E-state index in [0.29, 0.717) is 5.75 Å². The van der Waals surface area contributed by atoms with Crippen molar-refractivity contribution in [1.82, 2.24) is 10.2 Å². The Kier molecular flexibility index (Phi) is 5.39. The predicted octanol–water partition coefficient (Wildman–Crippen LogP) is 2.35. The molecular formula is C12H13ClN4O4S2. The summed E-state index contributed by atoms with van der Waals surface area (Å²) in [5.74, 6) is 0.148. The number of carbonyl (C=O) groups is 1. The molecule has 11 heteroatoms. The molecule has 0 unspecified atom stereocenters. The van der Waals surface area contributed by atoms with Crippen LogP contribution >= 0.6 is 22.9 Å². The van der Waals surface area contributed by atoms with Crippen molar-refractivity contribution < 1.29 is 17.9 Å². The van der Waals surface area contributed by atoms with E-state index in [-0.39, 0.29) is 32.5 Å². The van der Waals surface area contributed by atoms with E-state index in [2.05, 4.69) is 20.2 Å². The van der Waals surface area contributed by atoms with E-state index in [0.717, 1.165) is 11.3 Å². The van der Waals surface area contributed by atoms with Crippen molar-refractivity contribution in [3.63, 3.8) is 0 Å². The van der Waals surface area contributed by atoms with Crippen LogP contribution in [0.5, 0.6) is 5.75 Å². The van der Waals surface area contributed by atoms with Gasteiger partial charge in [-0.2, -0.15) is 8.42 Å². The number of nitrogens with zero attached hydrogens (tertiary/aromatic N) is 2. The van der Waals surface area contributed by atoms with Crippen LogP contribution in [0.1, 0.15) is 13.3 Å². The molecule has 2 N–H and O–H groups in total. The van der Waals surface area contributed by atoms with Gasteiger partial charge in [-0.25, -0.2) is 0 Å². The van der Waals surface area contributed by atoms with Gasteiger partial charge in [0.25, 0.3) is 14.4 Å². The lowest BCUT2D eigenvalue weighted by molar-refractivity contribution is -0.115. The maximum absolute atomic E-state index is 12.2. The number of anilines is 2. The van der Waals surface area contributed by atoms with Gasteiger partial charge in [0.15, 0.2) is 0 Å². The molecule has 0 radical (unpaired) electrons. The molecule has 0 bridgehead atoms. The molecule has 0 atom stereocenters. The Hall–Kier alpha value is -1.91. The summed E-state index contributed by atoms with van der Waals surface area (Å²) in [5.41, 5.74) is 0.255. The van der Waals surface area contributed by atoms with E-state index in [1.165, 1.54) is 25.3 Å². The van der Waals surface area contributed by atoms with Gasteiger partial charge in [0, 0.05) is 6.42 Å². The summed E-state index contributed by atoms with van der Waals surface area (Å²) >= 11 is 6.70. The van der Waals surface area contributed by atoms with Gasteiger partial charge >= 0.3 is 0 Å². The number of ether oxygens (including phenoxy) is 1. The van der Waals surface area contributed by atoms with Gasteiger partial charge < -0.3 is 10.1 Å². The molecular weight excluding hydrogens is 364 g/mol. The highest BCUT2D eigenvalue weighted by molar-refractivity contribution is 7.94.